The predicted octanol–water partition coefficient (Wildman–Crippen LogP) is 11.9. The van der Waals surface area contributed by atoms with Gasteiger partial charge in [0.2, 0.25) is 11.8 Å². The van der Waals surface area contributed by atoms with Gasteiger partial charge in [-0.3, -0.25) is 9.59 Å². The Labute approximate surface area is 264 Å². The first-order valence-electron chi connectivity index (χ1n) is 16.7. The molecule has 2 aromatic carbocycles. The first kappa shape index (κ1) is 36.3. The van der Waals surface area contributed by atoms with E-state index in [0.29, 0.717) is 0 Å². The first-order valence-corrected chi connectivity index (χ1v) is 18.8. The summed E-state index contributed by atoms with van der Waals surface area (Å²) in [5, 5.41) is 6.29. The fourth-order valence-corrected chi connectivity index (χ4v) is 7.20. The van der Waals surface area contributed by atoms with E-state index < -0.39 is 0 Å². The van der Waals surface area contributed by atoms with E-state index in [1.54, 1.807) is 21.6 Å². The maximum absolute atomic E-state index is 12.9. The smallest absolute Gasteiger partial charge is 0.227 e. The van der Waals surface area contributed by atoms with Gasteiger partial charge in [-0.05, 0) is 74.2 Å². The van der Waals surface area contributed by atoms with Crippen molar-refractivity contribution < 1.29 is 9.59 Å². The minimum absolute atomic E-state index is 0.0991. The number of carbonyl (C=O) groups is 2. The molecule has 2 rings (SSSR count). The second kappa shape index (κ2) is 22.6. The van der Waals surface area contributed by atoms with Gasteiger partial charge in [0, 0.05) is 33.0 Å². The normalized spacial score (nSPS) is 12.6. The highest BCUT2D eigenvalue weighted by molar-refractivity contribution is 8.76. The summed E-state index contributed by atoms with van der Waals surface area (Å²) in [5.41, 5.74) is 1.73. The zero-order valence-corrected chi connectivity index (χ0v) is 28.4. The van der Waals surface area contributed by atoms with Crippen LogP contribution in [0.25, 0.3) is 0 Å². The third-order valence-electron chi connectivity index (χ3n) is 7.81. The van der Waals surface area contributed by atoms with Gasteiger partial charge in [-0.15, -0.1) is 0 Å². The van der Waals surface area contributed by atoms with Gasteiger partial charge in [-0.1, -0.05) is 126 Å². The topological polar surface area (TPSA) is 58.2 Å². The highest BCUT2D eigenvalue weighted by Crippen LogP contribution is 2.38. The molecule has 2 unspecified atom stereocenters. The van der Waals surface area contributed by atoms with Crippen LogP contribution in [0.1, 0.15) is 130 Å². The molecule has 42 heavy (non-hydrogen) atoms. The van der Waals surface area contributed by atoms with Crippen molar-refractivity contribution >= 4 is 44.8 Å². The average molecular weight is 613 g/mol. The molecule has 0 radical (unpaired) electrons. The van der Waals surface area contributed by atoms with Crippen LogP contribution < -0.4 is 10.6 Å². The van der Waals surface area contributed by atoms with Crippen LogP contribution in [0, 0.1) is 11.8 Å². The Morgan fingerprint density at radius 1 is 0.500 bits per heavy atom. The largest absolute Gasteiger partial charge is 0.326 e. The van der Waals surface area contributed by atoms with Crippen LogP contribution in [0.4, 0.5) is 11.4 Å². The number of rotatable bonds is 23. The van der Waals surface area contributed by atoms with Gasteiger partial charge in [-0.2, -0.15) is 0 Å². The number of unbranched alkanes of at least 4 members (excludes halogenated alkanes) is 8. The van der Waals surface area contributed by atoms with E-state index in [9.17, 15) is 9.59 Å². The minimum Gasteiger partial charge on any atom is -0.326 e. The highest BCUT2D eigenvalue weighted by Gasteiger charge is 2.18. The summed E-state index contributed by atoms with van der Waals surface area (Å²) in [4.78, 5) is 28.1. The summed E-state index contributed by atoms with van der Waals surface area (Å²) in [6.07, 6.45) is 18.3. The summed E-state index contributed by atoms with van der Waals surface area (Å²) in [5.74, 6) is 0.508. The average Bonchev–Trinajstić information content (AvgIpc) is 3.00. The molecule has 2 N–H and O–H groups in total. The molecule has 0 aliphatic rings. The van der Waals surface area contributed by atoms with Crippen molar-refractivity contribution in [3.8, 4) is 0 Å². The van der Waals surface area contributed by atoms with Crippen molar-refractivity contribution in [1.29, 1.82) is 0 Å². The molecule has 2 aromatic rings. The van der Waals surface area contributed by atoms with Crippen LogP contribution in [0.15, 0.2) is 58.3 Å². The van der Waals surface area contributed by atoms with Crippen molar-refractivity contribution in [2.24, 2.45) is 11.8 Å². The van der Waals surface area contributed by atoms with E-state index in [1.807, 2.05) is 24.3 Å². The van der Waals surface area contributed by atoms with Gasteiger partial charge in [0.15, 0.2) is 0 Å². The van der Waals surface area contributed by atoms with E-state index in [4.69, 9.17) is 0 Å². The Bertz CT molecular complexity index is 913. The molecule has 0 saturated heterocycles. The Balaban J connectivity index is 1.79. The zero-order chi connectivity index (χ0) is 30.4. The highest BCUT2D eigenvalue weighted by atomic mass is 33.1. The molecule has 2 atom stereocenters. The molecule has 0 heterocycles. The zero-order valence-electron chi connectivity index (χ0n) is 26.7. The number of hydrogen-bond donors (Lipinski definition) is 2. The second-order valence-electron chi connectivity index (χ2n) is 11.6. The molecular formula is C36H56N2O2S2. The molecule has 0 fully saturated rings. The molecular weight excluding hydrogens is 557 g/mol. The number of carbonyl (C=O) groups excluding carboxylic acids is 2. The fraction of sp³-hybridized carbons (Fsp3) is 0.611. The molecule has 4 nitrogen and oxygen atoms in total. The van der Waals surface area contributed by atoms with E-state index in [1.165, 1.54) is 51.4 Å². The van der Waals surface area contributed by atoms with Gasteiger partial charge >= 0.3 is 0 Å². The van der Waals surface area contributed by atoms with Crippen molar-refractivity contribution in [3.63, 3.8) is 0 Å². The predicted molar refractivity (Wildman–Crippen MR) is 185 cm³/mol. The van der Waals surface area contributed by atoms with Gasteiger partial charge in [0.1, 0.15) is 0 Å². The van der Waals surface area contributed by atoms with Crippen LogP contribution in [0.5, 0.6) is 0 Å². The Morgan fingerprint density at radius 2 is 0.857 bits per heavy atom. The van der Waals surface area contributed by atoms with Crippen LogP contribution in [-0.4, -0.2) is 11.8 Å². The number of anilines is 2. The lowest BCUT2D eigenvalue weighted by Crippen LogP contribution is -2.22. The molecule has 2 amide bonds. The molecule has 0 bridgehead atoms. The second-order valence-corrected chi connectivity index (χ2v) is 13.8. The van der Waals surface area contributed by atoms with Crippen molar-refractivity contribution in [2.75, 3.05) is 10.6 Å². The standard InChI is InChI=1S/C36H56N2O2S2/c1-5-9-11-13-15-19-29(17-7-3)35(39)37-31-21-25-33(26-22-31)41-42-34-27-23-32(24-28-34)38-36(40)30(18-8-4)20-16-14-12-10-6-2/h21-30H,5-20H2,1-4H3,(H,37,39)(H,38,40). The van der Waals surface area contributed by atoms with Crippen molar-refractivity contribution in [2.45, 2.75) is 140 Å². The molecule has 6 heteroatoms. The lowest BCUT2D eigenvalue weighted by atomic mass is 9.95. The monoisotopic (exact) mass is 612 g/mol. The summed E-state index contributed by atoms with van der Waals surface area (Å²) >= 11 is 0. The van der Waals surface area contributed by atoms with Crippen LogP contribution in [0.2, 0.25) is 0 Å². The summed E-state index contributed by atoms with van der Waals surface area (Å²) in [7, 11) is 3.39. The van der Waals surface area contributed by atoms with E-state index in [2.05, 4.69) is 62.6 Å². The van der Waals surface area contributed by atoms with Gasteiger partial charge < -0.3 is 10.6 Å². The quantitative estimate of drug-likeness (QED) is 0.0968. The van der Waals surface area contributed by atoms with Crippen molar-refractivity contribution in [3.05, 3.63) is 48.5 Å². The SMILES string of the molecule is CCCCCCCC(CCC)C(=O)Nc1ccc(SSc2ccc(NC(=O)C(CCC)CCCCCCC)cc2)cc1. The Morgan fingerprint density at radius 3 is 1.19 bits per heavy atom. The molecule has 234 valence electrons. The first-order chi connectivity index (χ1) is 20.5. The third kappa shape index (κ3) is 15.0. The maximum Gasteiger partial charge on any atom is 0.227 e. The van der Waals surface area contributed by atoms with Crippen molar-refractivity contribution in [1.82, 2.24) is 0 Å². The Hall–Kier alpha value is -1.92. The Kier molecular flexibility index (Phi) is 19.5. The lowest BCUT2D eigenvalue weighted by molar-refractivity contribution is -0.121. The minimum atomic E-state index is 0.0991. The van der Waals surface area contributed by atoms with Gasteiger partial charge in [-0.25, -0.2) is 0 Å². The molecule has 0 spiro atoms. The molecule has 0 aliphatic heterocycles. The molecule has 0 aromatic heterocycles. The summed E-state index contributed by atoms with van der Waals surface area (Å²) in [6.45, 7) is 8.78. The molecule has 0 saturated carbocycles. The summed E-state index contributed by atoms with van der Waals surface area (Å²) in [6, 6.07) is 16.3. The van der Waals surface area contributed by atoms with E-state index in [-0.39, 0.29) is 23.7 Å². The number of amides is 2. The maximum atomic E-state index is 12.9. The van der Waals surface area contributed by atoms with E-state index in [0.717, 1.165) is 72.5 Å². The van der Waals surface area contributed by atoms with Gasteiger partial charge in [0.05, 0.1) is 0 Å². The number of benzene rings is 2. The number of hydrogen-bond acceptors (Lipinski definition) is 4. The van der Waals surface area contributed by atoms with Crippen LogP contribution in [-0.2, 0) is 9.59 Å². The van der Waals surface area contributed by atoms with Crippen LogP contribution >= 0.6 is 21.6 Å². The van der Waals surface area contributed by atoms with Crippen LogP contribution in [0.3, 0.4) is 0 Å². The van der Waals surface area contributed by atoms with Gasteiger partial charge in [0.25, 0.3) is 0 Å². The molecule has 0 aliphatic carbocycles. The number of nitrogens with one attached hydrogen (secondary N) is 2. The van der Waals surface area contributed by atoms with E-state index >= 15 is 0 Å². The third-order valence-corrected chi connectivity index (χ3v) is 10.2. The summed E-state index contributed by atoms with van der Waals surface area (Å²) < 4.78 is 0. The lowest BCUT2D eigenvalue weighted by Gasteiger charge is -2.16. The fourth-order valence-electron chi connectivity index (χ4n) is 5.27.